The van der Waals surface area contributed by atoms with Gasteiger partial charge in [0, 0.05) is 11.3 Å². The van der Waals surface area contributed by atoms with E-state index in [-0.39, 0.29) is 5.91 Å². The van der Waals surface area contributed by atoms with Crippen molar-refractivity contribution in [3.63, 3.8) is 0 Å². The number of methoxy groups -OCH3 is 1. The van der Waals surface area contributed by atoms with Crippen LogP contribution < -0.4 is 14.8 Å². The summed E-state index contributed by atoms with van der Waals surface area (Å²) in [4.78, 5) is 12.7. The van der Waals surface area contributed by atoms with Crippen molar-refractivity contribution in [1.82, 2.24) is 0 Å². The Labute approximate surface area is 157 Å². The van der Waals surface area contributed by atoms with Crippen LogP contribution in [0, 0.1) is 0 Å². The van der Waals surface area contributed by atoms with Gasteiger partial charge in [0.05, 0.1) is 18.2 Å². The molecule has 1 amide bonds. The number of benzene rings is 2. The van der Waals surface area contributed by atoms with Crippen molar-refractivity contribution in [3.05, 3.63) is 52.0 Å². The van der Waals surface area contributed by atoms with E-state index in [1.165, 1.54) is 0 Å². The molecule has 0 radical (unpaired) electrons. The normalized spacial score (nSPS) is 11.7. The van der Waals surface area contributed by atoms with E-state index in [0.717, 1.165) is 17.7 Å². The molecule has 0 aliphatic carbocycles. The monoisotopic (exact) mass is 405 g/mol. The summed E-state index contributed by atoms with van der Waals surface area (Å²) in [7, 11) is 1.56. The Balaban J connectivity index is 2.32. The average molecular weight is 406 g/mol. The largest absolute Gasteiger partial charge is 0.493 e. The number of amides is 1. The molecule has 4 nitrogen and oxygen atoms in total. The number of para-hydroxylation sites is 1. The summed E-state index contributed by atoms with van der Waals surface area (Å²) in [6, 6.07) is 11.3. The topological polar surface area (TPSA) is 47.6 Å². The molecule has 0 saturated heterocycles. The number of hydrogen-bond acceptors (Lipinski definition) is 3. The third kappa shape index (κ3) is 4.54. The van der Waals surface area contributed by atoms with Crippen molar-refractivity contribution < 1.29 is 14.3 Å². The molecule has 2 rings (SSSR count). The Morgan fingerprint density at radius 2 is 1.96 bits per heavy atom. The number of nitrogens with one attached hydrogen (secondary N) is 1. The van der Waals surface area contributed by atoms with Gasteiger partial charge in [-0.25, -0.2) is 0 Å². The number of anilines is 1. The highest BCUT2D eigenvalue weighted by atomic mass is 79.9. The zero-order chi connectivity index (χ0) is 18.4. The number of rotatable bonds is 7. The molecular formula is C20H24BrNO3. The second-order valence-corrected chi connectivity index (χ2v) is 6.63. The molecule has 134 valence electrons. The van der Waals surface area contributed by atoms with Gasteiger partial charge in [0.25, 0.3) is 5.91 Å². The van der Waals surface area contributed by atoms with E-state index in [1.54, 1.807) is 19.2 Å². The fourth-order valence-electron chi connectivity index (χ4n) is 2.59. The number of halogens is 1. The third-order valence-corrected chi connectivity index (χ3v) is 4.72. The van der Waals surface area contributed by atoms with Crippen LogP contribution in [0.1, 0.15) is 49.0 Å². The first-order valence-corrected chi connectivity index (χ1v) is 9.21. The number of carbonyl (C=O) groups is 1. The van der Waals surface area contributed by atoms with E-state index >= 15 is 0 Å². The van der Waals surface area contributed by atoms with Crippen LogP contribution in [0.4, 0.5) is 5.69 Å². The summed E-state index contributed by atoms with van der Waals surface area (Å²) in [5.41, 5.74) is 2.48. The van der Waals surface area contributed by atoms with Crippen molar-refractivity contribution in [2.24, 2.45) is 0 Å². The average Bonchev–Trinajstić information content (AvgIpc) is 2.63. The van der Waals surface area contributed by atoms with Gasteiger partial charge in [-0.3, -0.25) is 4.79 Å². The Kier molecular flexibility index (Phi) is 6.88. The maximum atomic E-state index is 12.7. The zero-order valence-corrected chi connectivity index (χ0v) is 16.6. The van der Waals surface area contributed by atoms with Gasteiger partial charge in [0.2, 0.25) is 0 Å². The van der Waals surface area contributed by atoms with E-state index in [9.17, 15) is 4.79 Å². The number of ether oxygens (including phenoxy) is 2. The minimum atomic E-state index is -0.183. The van der Waals surface area contributed by atoms with Crippen LogP contribution in [0.15, 0.2) is 40.9 Å². The summed E-state index contributed by atoms with van der Waals surface area (Å²) >= 11 is 3.46. The highest BCUT2D eigenvalue weighted by Crippen LogP contribution is 2.37. The summed E-state index contributed by atoms with van der Waals surface area (Å²) in [5, 5.41) is 3.02. The predicted octanol–water partition coefficient (Wildman–Crippen LogP) is 5.62. The summed E-state index contributed by atoms with van der Waals surface area (Å²) in [6.07, 6.45) is 1.01. The molecule has 0 fully saturated rings. The first-order valence-electron chi connectivity index (χ1n) is 8.42. The predicted molar refractivity (Wildman–Crippen MR) is 105 cm³/mol. The molecule has 0 bridgehead atoms. The second kappa shape index (κ2) is 8.90. The standard InChI is InChI=1S/C20H24BrNO3/c1-5-13(3)15-9-7-8-10-17(15)22-20(23)14-11-16(21)19(25-6-2)18(12-14)24-4/h7-13H,5-6H2,1-4H3,(H,22,23)/t13-/m1/s1. The van der Waals surface area contributed by atoms with E-state index in [1.807, 2.05) is 25.1 Å². The van der Waals surface area contributed by atoms with Gasteiger partial charge in [-0.1, -0.05) is 32.0 Å². The minimum Gasteiger partial charge on any atom is -0.493 e. The van der Waals surface area contributed by atoms with Crippen molar-refractivity contribution in [3.8, 4) is 11.5 Å². The van der Waals surface area contributed by atoms with E-state index in [0.29, 0.717) is 34.1 Å². The molecule has 1 N–H and O–H groups in total. The second-order valence-electron chi connectivity index (χ2n) is 5.77. The molecular weight excluding hydrogens is 382 g/mol. The van der Waals surface area contributed by atoms with E-state index in [4.69, 9.17) is 9.47 Å². The Morgan fingerprint density at radius 1 is 1.24 bits per heavy atom. The highest BCUT2D eigenvalue weighted by Gasteiger charge is 2.17. The SMILES string of the molecule is CCOc1c(Br)cc(C(=O)Nc2ccccc2[C@H](C)CC)cc1OC. The van der Waals surface area contributed by atoms with Gasteiger partial charge >= 0.3 is 0 Å². The van der Waals surface area contributed by atoms with Crippen molar-refractivity contribution in [2.45, 2.75) is 33.1 Å². The maximum Gasteiger partial charge on any atom is 0.255 e. The highest BCUT2D eigenvalue weighted by molar-refractivity contribution is 9.10. The van der Waals surface area contributed by atoms with Crippen LogP contribution in [0.2, 0.25) is 0 Å². The van der Waals surface area contributed by atoms with Gasteiger partial charge in [-0.2, -0.15) is 0 Å². The Hall–Kier alpha value is -2.01. The van der Waals surface area contributed by atoms with Crippen LogP contribution >= 0.6 is 15.9 Å². The van der Waals surface area contributed by atoms with Crippen LogP contribution in [0.5, 0.6) is 11.5 Å². The van der Waals surface area contributed by atoms with Gasteiger partial charge in [-0.05, 0) is 59.0 Å². The molecule has 0 heterocycles. The van der Waals surface area contributed by atoms with Gasteiger partial charge in [0.1, 0.15) is 0 Å². The lowest BCUT2D eigenvalue weighted by Crippen LogP contribution is -2.14. The molecule has 0 aliphatic rings. The third-order valence-electron chi connectivity index (χ3n) is 4.13. The fourth-order valence-corrected chi connectivity index (χ4v) is 3.15. The summed E-state index contributed by atoms with van der Waals surface area (Å²) in [6.45, 7) is 6.71. The number of carbonyl (C=O) groups excluding carboxylic acids is 1. The lowest BCUT2D eigenvalue weighted by Gasteiger charge is -2.17. The lowest BCUT2D eigenvalue weighted by atomic mass is 9.97. The van der Waals surface area contributed by atoms with Crippen LogP contribution in [-0.4, -0.2) is 19.6 Å². The van der Waals surface area contributed by atoms with Gasteiger partial charge in [-0.15, -0.1) is 0 Å². The molecule has 1 atom stereocenters. The Morgan fingerprint density at radius 3 is 2.60 bits per heavy atom. The minimum absolute atomic E-state index is 0.183. The first kappa shape index (κ1) is 19.3. The molecule has 0 unspecified atom stereocenters. The van der Waals surface area contributed by atoms with Crippen molar-refractivity contribution >= 4 is 27.5 Å². The molecule has 2 aromatic rings. The lowest BCUT2D eigenvalue weighted by molar-refractivity contribution is 0.102. The summed E-state index contributed by atoms with van der Waals surface area (Å²) < 4.78 is 11.6. The quantitative estimate of drug-likeness (QED) is 0.649. The zero-order valence-electron chi connectivity index (χ0n) is 15.1. The molecule has 0 spiro atoms. The van der Waals surface area contributed by atoms with Crippen LogP contribution in [0.25, 0.3) is 0 Å². The molecule has 0 saturated carbocycles. The van der Waals surface area contributed by atoms with Gasteiger partial charge in [0.15, 0.2) is 11.5 Å². The fraction of sp³-hybridized carbons (Fsp3) is 0.350. The van der Waals surface area contributed by atoms with Crippen LogP contribution in [-0.2, 0) is 0 Å². The van der Waals surface area contributed by atoms with Crippen molar-refractivity contribution in [2.75, 3.05) is 19.0 Å². The Bertz CT molecular complexity index is 746. The molecule has 25 heavy (non-hydrogen) atoms. The molecule has 0 aromatic heterocycles. The molecule has 0 aliphatic heterocycles. The smallest absolute Gasteiger partial charge is 0.255 e. The van der Waals surface area contributed by atoms with E-state index < -0.39 is 0 Å². The molecule has 5 heteroatoms. The van der Waals surface area contributed by atoms with E-state index in [2.05, 4.69) is 41.2 Å². The first-order chi connectivity index (χ1) is 12.0. The molecule has 2 aromatic carbocycles. The number of hydrogen-bond donors (Lipinski definition) is 1. The maximum absolute atomic E-state index is 12.7. The summed E-state index contributed by atoms with van der Waals surface area (Å²) in [5.74, 6) is 1.31. The van der Waals surface area contributed by atoms with Gasteiger partial charge < -0.3 is 14.8 Å². The van der Waals surface area contributed by atoms with Crippen molar-refractivity contribution in [1.29, 1.82) is 0 Å². The van der Waals surface area contributed by atoms with Crippen LogP contribution in [0.3, 0.4) is 0 Å².